The van der Waals surface area contributed by atoms with Gasteiger partial charge in [0.15, 0.2) is 0 Å². The number of carbonyl (C=O) groups is 3. The first kappa shape index (κ1) is 33.7. The molecule has 1 heterocycles. The van der Waals surface area contributed by atoms with E-state index >= 15 is 0 Å². The van der Waals surface area contributed by atoms with Crippen LogP contribution in [0.15, 0.2) is 18.2 Å². The van der Waals surface area contributed by atoms with Crippen LogP contribution in [0, 0.1) is 17.8 Å². The van der Waals surface area contributed by atoms with E-state index in [9.17, 15) is 14.4 Å². The molecule has 1 aromatic rings. The molecule has 1 fully saturated rings. The molecule has 1 aromatic carbocycles. The number of fused-ring (bicyclic) bond motifs is 1. The van der Waals surface area contributed by atoms with Crippen LogP contribution in [0.5, 0.6) is 5.75 Å². The average molecular weight is 586 g/mol. The number of carbonyl (C=O) groups excluding carboxylic acids is 3. The predicted octanol–water partition coefficient (Wildman–Crippen LogP) is 5.04. The van der Waals surface area contributed by atoms with Crippen molar-refractivity contribution < 1.29 is 19.1 Å². The highest BCUT2D eigenvalue weighted by Crippen LogP contribution is 2.34. The summed E-state index contributed by atoms with van der Waals surface area (Å²) in [7, 11) is 1.94. The summed E-state index contributed by atoms with van der Waals surface area (Å²) < 4.78 is 6.25. The third kappa shape index (κ3) is 9.89. The Hall–Kier alpha value is -2.81. The second-order valence-electron chi connectivity index (χ2n) is 13.3. The molecule has 9 heteroatoms. The van der Waals surface area contributed by atoms with Crippen molar-refractivity contribution in [3.05, 3.63) is 23.8 Å². The highest BCUT2D eigenvalue weighted by molar-refractivity contribution is 5.81. The summed E-state index contributed by atoms with van der Waals surface area (Å²) >= 11 is 0. The van der Waals surface area contributed by atoms with Crippen LogP contribution in [0.25, 0.3) is 0 Å². The fourth-order valence-electron chi connectivity index (χ4n) is 5.82. The normalized spacial score (nSPS) is 16.1. The molecule has 0 spiro atoms. The number of hydrogen-bond acceptors (Lipinski definition) is 6. The number of nitrogens with one attached hydrogen (secondary N) is 1. The molecule has 1 aliphatic heterocycles. The van der Waals surface area contributed by atoms with Crippen molar-refractivity contribution in [1.29, 1.82) is 0 Å². The van der Waals surface area contributed by atoms with E-state index in [2.05, 4.69) is 38.0 Å². The van der Waals surface area contributed by atoms with Crippen LogP contribution in [0.1, 0.15) is 92.1 Å². The Balaban J connectivity index is 1.70. The summed E-state index contributed by atoms with van der Waals surface area (Å²) in [5.74, 6) is 1.50. The van der Waals surface area contributed by atoms with Crippen LogP contribution in [0.3, 0.4) is 0 Å². The number of amides is 3. The summed E-state index contributed by atoms with van der Waals surface area (Å²) in [6, 6.07) is 6.21. The minimum Gasteiger partial charge on any atom is -0.493 e. The molecule has 2 aliphatic rings. The monoisotopic (exact) mass is 585 g/mol. The quantitative estimate of drug-likeness (QED) is 0.308. The molecule has 1 N–H and O–H groups in total. The van der Waals surface area contributed by atoms with E-state index in [0.717, 1.165) is 42.9 Å². The van der Waals surface area contributed by atoms with Gasteiger partial charge in [-0.2, -0.15) is 0 Å². The van der Waals surface area contributed by atoms with Crippen LogP contribution in [-0.2, 0) is 20.9 Å². The van der Waals surface area contributed by atoms with E-state index in [1.54, 1.807) is 0 Å². The topological polar surface area (TPSA) is 85.4 Å². The summed E-state index contributed by atoms with van der Waals surface area (Å²) in [5.41, 5.74) is 4.86. The number of nitrogens with zero attached hydrogens (tertiary/aromatic N) is 4. The zero-order valence-corrected chi connectivity index (χ0v) is 27.2. The highest BCUT2D eigenvalue weighted by Gasteiger charge is 2.30. The van der Waals surface area contributed by atoms with Gasteiger partial charge in [0.25, 0.3) is 0 Å². The SMILES string of the molecule is CC(C)CN(CC(C)C)C(=O)CN1Cc2c(OCCCC(=O)N(C)C3CCCCC3)cccc2N(NC(=O)C(C)C)C1. The largest absolute Gasteiger partial charge is 0.493 e. The van der Waals surface area contributed by atoms with Gasteiger partial charge in [0.1, 0.15) is 5.75 Å². The minimum atomic E-state index is -0.179. The van der Waals surface area contributed by atoms with Gasteiger partial charge in [-0.3, -0.25) is 29.7 Å². The Morgan fingerprint density at radius 2 is 1.64 bits per heavy atom. The molecular weight excluding hydrogens is 530 g/mol. The zero-order valence-electron chi connectivity index (χ0n) is 27.2. The molecule has 9 nitrogen and oxygen atoms in total. The third-order valence-corrected chi connectivity index (χ3v) is 8.08. The van der Waals surface area contributed by atoms with E-state index in [4.69, 9.17) is 4.74 Å². The maximum absolute atomic E-state index is 13.5. The molecule has 0 saturated heterocycles. The maximum Gasteiger partial charge on any atom is 0.241 e. The average Bonchev–Trinajstić information content (AvgIpc) is 2.94. The van der Waals surface area contributed by atoms with Crippen molar-refractivity contribution in [3.63, 3.8) is 0 Å². The Morgan fingerprint density at radius 1 is 0.976 bits per heavy atom. The van der Waals surface area contributed by atoms with Gasteiger partial charge in [0.05, 0.1) is 25.5 Å². The van der Waals surface area contributed by atoms with Crippen molar-refractivity contribution in [2.75, 3.05) is 45.0 Å². The molecule has 0 atom stereocenters. The van der Waals surface area contributed by atoms with Crippen LogP contribution in [0.4, 0.5) is 5.69 Å². The number of hydrazine groups is 1. The van der Waals surface area contributed by atoms with E-state index in [1.807, 2.05) is 53.9 Å². The van der Waals surface area contributed by atoms with Crippen molar-refractivity contribution in [3.8, 4) is 5.75 Å². The zero-order chi connectivity index (χ0) is 30.8. The van der Waals surface area contributed by atoms with Crippen LogP contribution in [-0.4, -0.2) is 78.4 Å². The van der Waals surface area contributed by atoms with Crippen LogP contribution < -0.4 is 15.2 Å². The summed E-state index contributed by atoms with van der Waals surface area (Å²) in [6.45, 7) is 15.3. The molecule has 3 amide bonds. The molecule has 236 valence electrons. The van der Waals surface area contributed by atoms with Crippen LogP contribution in [0.2, 0.25) is 0 Å². The fourth-order valence-corrected chi connectivity index (χ4v) is 5.82. The second-order valence-corrected chi connectivity index (χ2v) is 13.3. The maximum atomic E-state index is 13.5. The number of hydrogen-bond donors (Lipinski definition) is 1. The summed E-state index contributed by atoms with van der Waals surface area (Å²) in [5, 5.41) is 1.83. The molecule has 1 saturated carbocycles. The van der Waals surface area contributed by atoms with Gasteiger partial charge < -0.3 is 14.5 Å². The van der Waals surface area contributed by atoms with Crippen molar-refractivity contribution >= 4 is 23.4 Å². The number of benzene rings is 1. The van der Waals surface area contributed by atoms with Gasteiger partial charge in [-0.25, -0.2) is 0 Å². The standard InChI is InChI=1S/C33H55N5O4/c1-24(2)19-37(20-25(3)4)32(40)22-36-21-28-29(38(23-36)34-33(41)26(5)6)15-11-16-30(28)42-18-12-17-31(39)35(7)27-13-9-8-10-14-27/h11,15-16,24-27H,8-10,12-14,17-23H2,1-7H3,(H,34,41). The van der Waals surface area contributed by atoms with Gasteiger partial charge in [0.2, 0.25) is 17.7 Å². The summed E-state index contributed by atoms with van der Waals surface area (Å²) in [6.07, 6.45) is 6.97. The molecule has 0 unspecified atom stereocenters. The van der Waals surface area contributed by atoms with Gasteiger partial charge >= 0.3 is 0 Å². The Labute approximate surface area is 253 Å². The number of ether oxygens (including phenoxy) is 1. The number of rotatable bonds is 14. The van der Waals surface area contributed by atoms with Gasteiger partial charge in [-0.1, -0.05) is 66.9 Å². The smallest absolute Gasteiger partial charge is 0.241 e. The van der Waals surface area contributed by atoms with E-state index < -0.39 is 0 Å². The minimum absolute atomic E-state index is 0.0812. The van der Waals surface area contributed by atoms with Gasteiger partial charge in [-0.15, -0.1) is 0 Å². The molecular formula is C33H55N5O4. The molecule has 1 aliphatic carbocycles. The highest BCUT2D eigenvalue weighted by atomic mass is 16.5. The van der Waals surface area contributed by atoms with Gasteiger partial charge in [0, 0.05) is 50.6 Å². The lowest BCUT2D eigenvalue weighted by Crippen LogP contribution is -2.54. The van der Waals surface area contributed by atoms with Crippen LogP contribution >= 0.6 is 0 Å². The first-order chi connectivity index (χ1) is 20.0. The first-order valence-corrected chi connectivity index (χ1v) is 16.0. The Bertz CT molecular complexity index is 1030. The van der Waals surface area contributed by atoms with E-state index in [0.29, 0.717) is 50.5 Å². The Morgan fingerprint density at radius 3 is 2.26 bits per heavy atom. The van der Waals surface area contributed by atoms with Crippen molar-refractivity contribution in [2.45, 2.75) is 99.1 Å². The van der Waals surface area contributed by atoms with E-state index in [1.165, 1.54) is 19.3 Å². The first-order valence-electron chi connectivity index (χ1n) is 16.0. The third-order valence-electron chi connectivity index (χ3n) is 8.08. The van der Waals surface area contributed by atoms with Crippen molar-refractivity contribution in [1.82, 2.24) is 20.1 Å². The molecule has 0 radical (unpaired) electrons. The second kappa shape index (κ2) is 16.1. The lowest BCUT2D eigenvalue weighted by molar-refractivity contribution is -0.134. The molecule has 0 aromatic heterocycles. The predicted molar refractivity (Wildman–Crippen MR) is 168 cm³/mol. The molecule has 0 bridgehead atoms. The fraction of sp³-hybridized carbons (Fsp3) is 0.727. The molecule has 42 heavy (non-hydrogen) atoms. The number of anilines is 1. The Kier molecular flexibility index (Phi) is 13.0. The lowest BCUT2D eigenvalue weighted by Gasteiger charge is -2.39. The summed E-state index contributed by atoms with van der Waals surface area (Å²) in [4.78, 5) is 45.0. The van der Waals surface area contributed by atoms with Crippen molar-refractivity contribution in [2.24, 2.45) is 17.8 Å². The molecule has 3 rings (SSSR count). The van der Waals surface area contributed by atoms with E-state index in [-0.39, 0.29) is 30.2 Å². The lowest BCUT2D eigenvalue weighted by atomic mass is 9.94. The van der Waals surface area contributed by atoms with Gasteiger partial charge in [-0.05, 0) is 43.2 Å².